The normalized spacial score (nSPS) is 11.4. The number of hydrogen-bond acceptors (Lipinski definition) is 5. The SMILES string of the molecule is COc1ccccc1-n1cnnc1SCc1ccc(OC(F)(F)F)cc1. The average Bonchev–Trinajstić information content (AvgIpc) is 3.08. The predicted octanol–water partition coefficient (Wildman–Crippen LogP) is 4.47. The van der Waals surface area contributed by atoms with E-state index >= 15 is 0 Å². The Balaban J connectivity index is 1.71. The lowest BCUT2D eigenvalue weighted by Crippen LogP contribution is -2.16. The van der Waals surface area contributed by atoms with Gasteiger partial charge < -0.3 is 9.47 Å². The first-order chi connectivity index (χ1) is 12.5. The minimum absolute atomic E-state index is 0.247. The van der Waals surface area contributed by atoms with Crippen molar-refractivity contribution in [3.63, 3.8) is 0 Å². The quantitative estimate of drug-likeness (QED) is 0.590. The third kappa shape index (κ3) is 4.48. The number of ether oxygens (including phenoxy) is 2. The summed E-state index contributed by atoms with van der Waals surface area (Å²) in [4.78, 5) is 0. The van der Waals surface area contributed by atoms with Crippen LogP contribution >= 0.6 is 11.8 Å². The molecular formula is C17H14F3N3O2S. The maximum Gasteiger partial charge on any atom is 0.573 e. The van der Waals surface area contributed by atoms with Crippen LogP contribution in [0.5, 0.6) is 11.5 Å². The summed E-state index contributed by atoms with van der Waals surface area (Å²) in [7, 11) is 1.58. The van der Waals surface area contributed by atoms with Crippen LogP contribution in [0.2, 0.25) is 0 Å². The van der Waals surface area contributed by atoms with E-state index in [9.17, 15) is 13.2 Å². The number of rotatable bonds is 6. The molecule has 1 heterocycles. The maximum atomic E-state index is 12.2. The van der Waals surface area contributed by atoms with E-state index in [1.807, 2.05) is 24.3 Å². The van der Waals surface area contributed by atoms with E-state index in [0.717, 1.165) is 11.3 Å². The third-order valence-electron chi connectivity index (χ3n) is 3.39. The van der Waals surface area contributed by atoms with Gasteiger partial charge in [-0.3, -0.25) is 4.57 Å². The number of halogens is 3. The second kappa shape index (κ2) is 7.69. The van der Waals surface area contributed by atoms with Crippen LogP contribution in [-0.2, 0) is 5.75 Å². The molecule has 0 radical (unpaired) electrons. The molecular weight excluding hydrogens is 367 g/mol. The Morgan fingerprint density at radius 2 is 1.81 bits per heavy atom. The summed E-state index contributed by atoms with van der Waals surface area (Å²) in [5, 5.41) is 8.67. The fourth-order valence-corrected chi connectivity index (χ4v) is 3.13. The molecule has 0 saturated heterocycles. The highest BCUT2D eigenvalue weighted by Gasteiger charge is 2.30. The Bertz CT molecular complexity index is 866. The highest BCUT2D eigenvalue weighted by molar-refractivity contribution is 7.98. The lowest BCUT2D eigenvalue weighted by molar-refractivity contribution is -0.274. The fourth-order valence-electron chi connectivity index (χ4n) is 2.25. The van der Waals surface area contributed by atoms with Gasteiger partial charge in [0.05, 0.1) is 12.8 Å². The highest BCUT2D eigenvalue weighted by atomic mass is 32.2. The van der Waals surface area contributed by atoms with Gasteiger partial charge in [-0.1, -0.05) is 36.0 Å². The van der Waals surface area contributed by atoms with Crippen LogP contribution in [0.3, 0.4) is 0 Å². The van der Waals surface area contributed by atoms with Crippen LogP contribution in [-0.4, -0.2) is 28.2 Å². The monoisotopic (exact) mass is 381 g/mol. The van der Waals surface area contributed by atoms with Gasteiger partial charge in [0.2, 0.25) is 0 Å². The number of thioether (sulfide) groups is 1. The zero-order valence-corrected chi connectivity index (χ0v) is 14.4. The molecule has 0 unspecified atom stereocenters. The molecule has 2 aromatic carbocycles. The first-order valence-electron chi connectivity index (χ1n) is 7.47. The van der Waals surface area contributed by atoms with Crippen LogP contribution in [0.25, 0.3) is 5.69 Å². The second-order valence-corrected chi connectivity index (χ2v) is 6.08. The molecule has 0 amide bonds. The van der Waals surface area contributed by atoms with Gasteiger partial charge in [-0.2, -0.15) is 0 Å². The number of para-hydroxylation sites is 2. The second-order valence-electron chi connectivity index (χ2n) is 5.14. The van der Waals surface area contributed by atoms with Gasteiger partial charge in [-0.05, 0) is 29.8 Å². The Hall–Kier alpha value is -2.68. The minimum Gasteiger partial charge on any atom is -0.495 e. The molecule has 3 aromatic rings. The highest BCUT2D eigenvalue weighted by Crippen LogP contribution is 2.29. The summed E-state index contributed by atoms with van der Waals surface area (Å²) >= 11 is 1.41. The van der Waals surface area contributed by atoms with Crippen molar-refractivity contribution in [2.75, 3.05) is 7.11 Å². The Labute approximate surface area is 151 Å². The van der Waals surface area contributed by atoms with Gasteiger partial charge in [0.15, 0.2) is 5.16 Å². The molecule has 5 nitrogen and oxygen atoms in total. The van der Waals surface area contributed by atoms with Crippen molar-refractivity contribution < 1.29 is 22.6 Å². The maximum absolute atomic E-state index is 12.2. The smallest absolute Gasteiger partial charge is 0.495 e. The van der Waals surface area contributed by atoms with E-state index in [1.54, 1.807) is 30.1 Å². The van der Waals surface area contributed by atoms with Crippen LogP contribution in [0.4, 0.5) is 13.2 Å². The van der Waals surface area contributed by atoms with Gasteiger partial charge in [-0.15, -0.1) is 23.4 Å². The van der Waals surface area contributed by atoms with E-state index < -0.39 is 6.36 Å². The zero-order chi connectivity index (χ0) is 18.6. The summed E-state index contributed by atoms with van der Waals surface area (Å²) in [5.74, 6) is 0.950. The number of hydrogen-bond donors (Lipinski definition) is 0. The predicted molar refractivity (Wildman–Crippen MR) is 90.6 cm³/mol. The van der Waals surface area contributed by atoms with Crippen molar-refractivity contribution >= 4 is 11.8 Å². The number of benzene rings is 2. The number of alkyl halides is 3. The van der Waals surface area contributed by atoms with Crippen molar-refractivity contribution in [3.05, 3.63) is 60.4 Å². The molecule has 0 aliphatic carbocycles. The topological polar surface area (TPSA) is 49.2 Å². The molecule has 136 valence electrons. The largest absolute Gasteiger partial charge is 0.573 e. The molecule has 0 fully saturated rings. The molecule has 1 aromatic heterocycles. The van der Waals surface area contributed by atoms with E-state index in [1.165, 1.54) is 23.9 Å². The van der Waals surface area contributed by atoms with E-state index in [2.05, 4.69) is 14.9 Å². The zero-order valence-electron chi connectivity index (χ0n) is 13.6. The van der Waals surface area contributed by atoms with Gasteiger partial charge in [0, 0.05) is 5.75 Å². The number of aromatic nitrogens is 3. The third-order valence-corrected chi connectivity index (χ3v) is 4.40. The van der Waals surface area contributed by atoms with Crippen LogP contribution in [0.1, 0.15) is 5.56 Å². The molecule has 0 spiro atoms. The minimum atomic E-state index is -4.69. The molecule has 0 aliphatic rings. The molecule has 0 bridgehead atoms. The standard InChI is InChI=1S/C17H14F3N3O2S/c1-24-15-5-3-2-4-14(15)23-11-21-22-16(23)26-10-12-6-8-13(9-7-12)25-17(18,19)20/h2-9,11H,10H2,1H3. The van der Waals surface area contributed by atoms with Crippen molar-refractivity contribution in [1.29, 1.82) is 0 Å². The number of nitrogens with zero attached hydrogens (tertiary/aromatic N) is 3. The summed E-state index contributed by atoms with van der Waals surface area (Å²) < 4.78 is 47.6. The van der Waals surface area contributed by atoms with Crippen molar-refractivity contribution in [3.8, 4) is 17.2 Å². The van der Waals surface area contributed by atoms with E-state index in [0.29, 0.717) is 16.7 Å². The molecule has 0 atom stereocenters. The number of methoxy groups -OCH3 is 1. The molecule has 0 saturated carbocycles. The van der Waals surface area contributed by atoms with E-state index in [-0.39, 0.29) is 5.75 Å². The van der Waals surface area contributed by atoms with Crippen molar-refractivity contribution in [2.45, 2.75) is 17.3 Å². The molecule has 0 aliphatic heterocycles. The fraction of sp³-hybridized carbons (Fsp3) is 0.176. The van der Waals surface area contributed by atoms with Crippen LogP contribution < -0.4 is 9.47 Å². The van der Waals surface area contributed by atoms with Gasteiger partial charge in [-0.25, -0.2) is 0 Å². The Morgan fingerprint density at radius 1 is 1.08 bits per heavy atom. The first kappa shape index (κ1) is 18.1. The van der Waals surface area contributed by atoms with Gasteiger partial charge in [0.25, 0.3) is 0 Å². The first-order valence-corrected chi connectivity index (χ1v) is 8.46. The lowest BCUT2D eigenvalue weighted by atomic mass is 10.2. The van der Waals surface area contributed by atoms with Crippen LogP contribution in [0, 0.1) is 0 Å². The average molecular weight is 381 g/mol. The molecule has 9 heteroatoms. The van der Waals surface area contributed by atoms with Crippen molar-refractivity contribution in [2.24, 2.45) is 0 Å². The molecule has 26 heavy (non-hydrogen) atoms. The summed E-state index contributed by atoms with van der Waals surface area (Å²) in [6, 6.07) is 13.2. The van der Waals surface area contributed by atoms with Crippen molar-refractivity contribution in [1.82, 2.24) is 14.8 Å². The molecule has 0 N–H and O–H groups in total. The van der Waals surface area contributed by atoms with Crippen LogP contribution in [0.15, 0.2) is 60.0 Å². The van der Waals surface area contributed by atoms with E-state index in [4.69, 9.17) is 4.74 Å². The Kier molecular flexibility index (Phi) is 5.36. The Morgan fingerprint density at radius 3 is 2.50 bits per heavy atom. The summed E-state index contributed by atoms with van der Waals surface area (Å²) in [6.07, 6.45) is -3.11. The van der Waals surface area contributed by atoms with Gasteiger partial charge in [0.1, 0.15) is 17.8 Å². The lowest BCUT2D eigenvalue weighted by Gasteiger charge is -2.11. The summed E-state index contributed by atoms with van der Waals surface area (Å²) in [6.45, 7) is 0. The molecule has 3 rings (SSSR count). The summed E-state index contributed by atoms with van der Waals surface area (Å²) in [5.41, 5.74) is 1.63. The van der Waals surface area contributed by atoms with Gasteiger partial charge >= 0.3 is 6.36 Å².